The third-order valence-electron chi connectivity index (χ3n) is 4.76. The normalized spacial score (nSPS) is 24.2. The van der Waals surface area contributed by atoms with Crippen LogP contribution in [0.5, 0.6) is 5.75 Å². The number of hydrogen-bond donors (Lipinski definition) is 1. The Balaban J connectivity index is 1.77. The number of aryl methyl sites for hydroxylation is 1. The zero-order chi connectivity index (χ0) is 17.8. The van der Waals surface area contributed by atoms with Crippen molar-refractivity contribution >= 4 is 17.4 Å². The molecule has 0 aromatic heterocycles. The van der Waals surface area contributed by atoms with Gasteiger partial charge in [0.15, 0.2) is 5.72 Å². The summed E-state index contributed by atoms with van der Waals surface area (Å²) in [5, 5.41) is 14.0. The minimum Gasteiger partial charge on any atom is -0.467 e. The topological polar surface area (TPSA) is 84.7 Å². The monoisotopic (exact) mass is 339 g/mol. The lowest BCUT2D eigenvalue weighted by molar-refractivity contribution is -0.385. The van der Waals surface area contributed by atoms with Gasteiger partial charge in [-0.2, -0.15) is 0 Å². The molecule has 2 amide bonds. The van der Waals surface area contributed by atoms with Gasteiger partial charge in [-0.25, -0.2) is 4.79 Å². The van der Waals surface area contributed by atoms with E-state index in [4.69, 9.17) is 4.74 Å². The molecule has 2 aromatic carbocycles. The highest BCUT2D eigenvalue weighted by atomic mass is 16.6. The lowest BCUT2D eigenvalue weighted by Crippen LogP contribution is -2.65. The van der Waals surface area contributed by atoms with Gasteiger partial charge in [-0.05, 0) is 32.0 Å². The van der Waals surface area contributed by atoms with Crippen molar-refractivity contribution in [2.45, 2.75) is 32.0 Å². The van der Waals surface area contributed by atoms with Crippen molar-refractivity contribution in [3.05, 3.63) is 63.7 Å². The zero-order valence-corrected chi connectivity index (χ0v) is 13.9. The maximum atomic E-state index is 12.7. The fraction of sp³-hybridized carbons (Fsp3) is 0.278. The van der Waals surface area contributed by atoms with Gasteiger partial charge in [0.1, 0.15) is 5.75 Å². The van der Waals surface area contributed by atoms with Crippen molar-refractivity contribution in [2.75, 3.05) is 4.90 Å². The molecule has 7 nitrogen and oxygen atoms in total. The van der Waals surface area contributed by atoms with Crippen molar-refractivity contribution in [1.29, 1.82) is 0 Å². The fourth-order valence-corrected chi connectivity index (χ4v) is 3.56. The molecular weight excluding hydrogens is 322 g/mol. The smallest absolute Gasteiger partial charge is 0.325 e. The van der Waals surface area contributed by atoms with Crippen LogP contribution < -0.4 is 15.0 Å². The fourth-order valence-electron chi connectivity index (χ4n) is 3.56. The molecule has 4 rings (SSSR count). The van der Waals surface area contributed by atoms with E-state index in [-0.39, 0.29) is 17.8 Å². The first-order valence-corrected chi connectivity index (χ1v) is 8.02. The van der Waals surface area contributed by atoms with Crippen LogP contribution in [-0.2, 0) is 0 Å². The summed E-state index contributed by atoms with van der Waals surface area (Å²) in [5.41, 5.74) is 1.62. The molecule has 25 heavy (non-hydrogen) atoms. The number of nitrogens with zero attached hydrogens (tertiary/aromatic N) is 2. The van der Waals surface area contributed by atoms with E-state index in [1.165, 1.54) is 12.1 Å². The van der Waals surface area contributed by atoms with Gasteiger partial charge in [0.05, 0.1) is 11.0 Å². The molecule has 0 aliphatic carbocycles. The summed E-state index contributed by atoms with van der Waals surface area (Å²) in [5.74, 6) is 0.557. The van der Waals surface area contributed by atoms with Crippen LogP contribution in [0.3, 0.4) is 0 Å². The number of benzene rings is 2. The number of nitro groups is 1. The van der Waals surface area contributed by atoms with Gasteiger partial charge in [0, 0.05) is 29.8 Å². The Morgan fingerprint density at radius 3 is 2.68 bits per heavy atom. The molecule has 1 fully saturated rings. The summed E-state index contributed by atoms with van der Waals surface area (Å²) in [6, 6.07) is 11.6. The second kappa shape index (κ2) is 5.20. The molecular formula is C18H17N3O4. The molecule has 0 spiro atoms. The third-order valence-corrected chi connectivity index (χ3v) is 4.76. The molecule has 1 saturated heterocycles. The number of rotatable bonds is 2. The number of fused-ring (bicyclic) bond motifs is 4. The molecule has 2 aromatic rings. The molecule has 2 aliphatic rings. The van der Waals surface area contributed by atoms with Gasteiger partial charge in [-0.3, -0.25) is 15.0 Å². The number of nitro benzene ring substituents is 1. The van der Waals surface area contributed by atoms with Gasteiger partial charge in [-0.15, -0.1) is 0 Å². The molecule has 2 bridgehead atoms. The average Bonchev–Trinajstić information content (AvgIpc) is 2.55. The Hall–Kier alpha value is -3.09. The predicted molar refractivity (Wildman–Crippen MR) is 91.7 cm³/mol. The number of carbonyl (C=O) groups is 1. The first kappa shape index (κ1) is 15.4. The first-order valence-electron chi connectivity index (χ1n) is 8.02. The van der Waals surface area contributed by atoms with Crippen LogP contribution in [0.15, 0.2) is 42.5 Å². The summed E-state index contributed by atoms with van der Waals surface area (Å²) >= 11 is 0. The van der Waals surface area contributed by atoms with Crippen LogP contribution in [0.25, 0.3) is 0 Å². The van der Waals surface area contributed by atoms with Crippen LogP contribution in [0.2, 0.25) is 0 Å². The number of amides is 2. The molecule has 0 unspecified atom stereocenters. The van der Waals surface area contributed by atoms with Gasteiger partial charge < -0.3 is 10.1 Å². The number of urea groups is 1. The number of hydrogen-bond acceptors (Lipinski definition) is 4. The molecule has 0 saturated carbocycles. The van der Waals surface area contributed by atoms with E-state index < -0.39 is 10.6 Å². The lowest BCUT2D eigenvalue weighted by Gasteiger charge is -2.50. The van der Waals surface area contributed by atoms with Crippen molar-refractivity contribution in [3.8, 4) is 5.75 Å². The lowest BCUT2D eigenvalue weighted by atomic mass is 9.90. The number of nitrogens with one attached hydrogen (secondary N) is 1. The Labute approximate surface area is 144 Å². The van der Waals surface area contributed by atoms with Crippen molar-refractivity contribution in [2.24, 2.45) is 0 Å². The Morgan fingerprint density at radius 1 is 1.28 bits per heavy atom. The van der Waals surface area contributed by atoms with Crippen LogP contribution >= 0.6 is 0 Å². The summed E-state index contributed by atoms with van der Waals surface area (Å²) in [7, 11) is 0. The summed E-state index contributed by atoms with van der Waals surface area (Å²) < 4.78 is 6.14. The van der Waals surface area contributed by atoms with E-state index in [0.29, 0.717) is 17.7 Å². The number of non-ortho nitro benzene ring substituents is 1. The second-order valence-corrected chi connectivity index (χ2v) is 6.63. The summed E-state index contributed by atoms with van der Waals surface area (Å²) in [6.07, 6.45) is 0.501. The van der Waals surface area contributed by atoms with Crippen molar-refractivity contribution in [1.82, 2.24) is 5.32 Å². The third kappa shape index (κ3) is 2.39. The quantitative estimate of drug-likeness (QED) is 0.668. The standard InChI is InChI=1S/C18H17N3O4/c1-11-3-5-12(6-4-11)20-17(22)19-15-10-18(20,2)25-16-8-7-13(21(23)24)9-14(15)16/h3-9,15H,10H2,1-2H3,(H,19,22)/t15-,18+/m1/s1. The van der Waals surface area contributed by atoms with E-state index in [9.17, 15) is 14.9 Å². The van der Waals surface area contributed by atoms with Gasteiger partial charge in [-0.1, -0.05) is 17.7 Å². The molecule has 1 N–H and O–H groups in total. The van der Waals surface area contributed by atoms with E-state index in [2.05, 4.69) is 5.32 Å². The molecule has 2 heterocycles. The molecule has 0 radical (unpaired) electrons. The summed E-state index contributed by atoms with van der Waals surface area (Å²) in [4.78, 5) is 24.9. The number of carbonyl (C=O) groups excluding carboxylic acids is 1. The predicted octanol–water partition coefficient (Wildman–Crippen LogP) is 3.67. The minimum atomic E-state index is -0.856. The number of anilines is 1. The average molecular weight is 339 g/mol. The Kier molecular flexibility index (Phi) is 3.21. The van der Waals surface area contributed by atoms with Crippen LogP contribution in [0, 0.1) is 17.0 Å². The maximum Gasteiger partial charge on any atom is 0.325 e. The van der Waals surface area contributed by atoms with Crippen LogP contribution in [0.1, 0.15) is 30.5 Å². The van der Waals surface area contributed by atoms with Crippen molar-refractivity contribution < 1.29 is 14.5 Å². The van der Waals surface area contributed by atoms with E-state index in [1.807, 2.05) is 38.1 Å². The van der Waals surface area contributed by atoms with Gasteiger partial charge >= 0.3 is 6.03 Å². The minimum absolute atomic E-state index is 0.0128. The highest BCUT2D eigenvalue weighted by molar-refractivity contribution is 5.95. The van der Waals surface area contributed by atoms with Crippen LogP contribution in [-0.4, -0.2) is 16.7 Å². The Bertz CT molecular complexity index is 880. The Morgan fingerprint density at radius 2 is 2.00 bits per heavy atom. The van der Waals surface area contributed by atoms with Crippen molar-refractivity contribution in [3.63, 3.8) is 0 Å². The van der Waals surface area contributed by atoms with Gasteiger partial charge in [0.2, 0.25) is 0 Å². The van der Waals surface area contributed by atoms with Gasteiger partial charge in [0.25, 0.3) is 5.69 Å². The molecule has 2 atom stereocenters. The van der Waals surface area contributed by atoms with E-state index in [0.717, 1.165) is 11.3 Å². The number of ether oxygens (including phenoxy) is 1. The first-order chi connectivity index (χ1) is 11.9. The SMILES string of the molecule is Cc1ccc(N2C(=O)N[C@@H]3C[C@]2(C)Oc2ccc([N+](=O)[O-])cc23)cc1. The highest BCUT2D eigenvalue weighted by Gasteiger charge is 2.50. The summed E-state index contributed by atoms with van der Waals surface area (Å²) in [6.45, 7) is 3.85. The molecule has 128 valence electrons. The van der Waals surface area contributed by atoms with E-state index >= 15 is 0 Å². The zero-order valence-electron chi connectivity index (χ0n) is 13.9. The maximum absolute atomic E-state index is 12.7. The second-order valence-electron chi connectivity index (χ2n) is 6.63. The molecule has 2 aliphatic heterocycles. The molecule has 7 heteroatoms. The van der Waals surface area contributed by atoms with Crippen LogP contribution in [0.4, 0.5) is 16.2 Å². The highest BCUT2D eigenvalue weighted by Crippen LogP contribution is 2.46. The van der Waals surface area contributed by atoms with E-state index in [1.54, 1.807) is 11.0 Å². The largest absolute Gasteiger partial charge is 0.467 e.